The predicted molar refractivity (Wildman–Crippen MR) is 78.2 cm³/mol. The Bertz CT molecular complexity index is 588. The number of amides is 1. The number of hydrogen-bond acceptors (Lipinski definition) is 3. The third kappa shape index (κ3) is 2.88. The van der Waals surface area contributed by atoms with Crippen molar-refractivity contribution in [1.29, 1.82) is 0 Å². The first kappa shape index (κ1) is 13.4. The highest BCUT2D eigenvalue weighted by atomic mass is 16.1. The third-order valence-electron chi connectivity index (χ3n) is 3.37. The molecule has 0 saturated heterocycles. The van der Waals surface area contributed by atoms with Gasteiger partial charge in [-0.15, -0.1) is 0 Å². The van der Waals surface area contributed by atoms with Gasteiger partial charge in [-0.1, -0.05) is 12.1 Å². The summed E-state index contributed by atoms with van der Waals surface area (Å²) in [5.74, 6) is -0.107. The van der Waals surface area contributed by atoms with Gasteiger partial charge in [0.2, 0.25) is 0 Å². The second-order valence-electron chi connectivity index (χ2n) is 5.02. The van der Waals surface area contributed by atoms with Crippen LogP contribution < -0.4 is 11.1 Å². The van der Waals surface area contributed by atoms with Gasteiger partial charge in [-0.2, -0.15) is 0 Å². The molecule has 2 aromatic rings. The average Bonchev–Trinajstić information content (AvgIpc) is 2.80. The highest BCUT2D eigenvalue weighted by molar-refractivity contribution is 6.00. The minimum atomic E-state index is -0.107. The smallest absolute Gasteiger partial charge is 0.267 e. The van der Waals surface area contributed by atoms with E-state index in [-0.39, 0.29) is 5.91 Å². The molecular formula is C14H20N4O. The maximum atomic E-state index is 12.1. The molecule has 0 radical (unpaired) electrons. The molecule has 0 aliphatic carbocycles. The minimum absolute atomic E-state index is 0.107. The number of rotatable bonds is 4. The Labute approximate surface area is 112 Å². The van der Waals surface area contributed by atoms with E-state index in [2.05, 4.69) is 22.1 Å². The topological polar surface area (TPSA) is 74.1 Å². The molecule has 2 rings (SSSR count). The Kier molecular flexibility index (Phi) is 3.76. The fourth-order valence-electron chi connectivity index (χ4n) is 1.82. The number of aromatic amines is 1. The van der Waals surface area contributed by atoms with Crippen LogP contribution >= 0.6 is 0 Å². The van der Waals surface area contributed by atoms with Gasteiger partial charge in [0, 0.05) is 18.0 Å². The molecule has 1 aromatic carbocycles. The Morgan fingerprint density at radius 3 is 2.84 bits per heavy atom. The van der Waals surface area contributed by atoms with Gasteiger partial charge in [0.1, 0.15) is 5.69 Å². The van der Waals surface area contributed by atoms with Gasteiger partial charge >= 0.3 is 0 Å². The van der Waals surface area contributed by atoms with E-state index in [0.717, 1.165) is 10.9 Å². The molecule has 102 valence electrons. The summed E-state index contributed by atoms with van der Waals surface area (Å²) in [7, 11) is 3.97. The molecule has 5 heteroatoms. The number of anilines is 1. The first-order valence-electron chi connectivity index (χ1n) is 6.31. The first-order valence-corrected chi connectivity index (χ1v) is 6.31. The molecule has 0 fully saturated rings. The van der Waals surface area contributed by atoms with E-state index in [1.54, 1.807) is 0 Å². The number of nitrogen functional groups attached to an aromatic ring is 1. The number of nitrogens with one attached hydrogen (secondary N) is 2. The first-order chi connectivity index (χ1) is 8.99. The molecule has 0 saturated carbocycles. The number of H-pyrrole nitrogens is 1. The van der Waals surface area contributed by atoms with Gasteiger partial charge in [-0.3, -0.25) is 4.79 Å². The summed E-state index contributed by atoms with van der Waals surface area (Å²) < 4.78 is 0. The Morgan fingerprint density at radius 1 is 1.47 bits per heavy atom. The monoisotopic (exact) mass is 260 g/mol. The molecule has 19 heavy (non-hydrogen) atoms. The Morgan fingerprint density at radius 2 is 2.21 bits per heavy atom. The van der Waals surface area contributed by atoms with Crippen molar-refractivity contribution in [3.63, 3.8) is 0 Å². The van der Waals surface area contributed by atoms with Gasteiger partial charge in [-0.05, 0) is 33.2 Å². The fraction of sp³-hybridized carbons (Fsp3) is 0.357. The second kappa shape index (κ2) is 5.32. The van der Waals surface area contributed by atoms with Crippen molar-refractivity contribution in [2.75, 3.05) is 26.4 Å². The number of nitrogens with two attached hydrogens (primary N) is 1. The van der Waals surface area contributed by atoms with Crippen LogP contribution in [0.15, 0.2) is 24.3 Å². The van der Waals surface area contributed by atoms with E-state index in [9.17, 15) is 4.79 Å². The maximum Gasteiger partial charge on any atom is 0.267 e. The number of para-hydroxylation sites is 1. The van der Waals surface area contributed by atoms with Crippen LogP contribution in [0.5, 0.6) is 0 Å². The number of aromatic nitrogens is 1. The highest BCUT2D eigenvalue weighted by Gasteiger charge is 2.12. The molecule has 1 unspecified atom stereocenters. The third-order valence-corrected chi connectivity index (χ3v) is 3.37. The van der Waals surface area contributed by atoms with E-state index in [0.29, 0.717) is 24.0 Å². The summed E-state index contributed by atoms with van der Waals surface area (Å²) in [5, 5.41) is 3.86. The lowest BCUT2D eigenvalue weighted by Crippen LogP contribution is -2.38. The van der Waals surface area contributed by atoms with Gasteiger partial charge in [0.05, 0.1) is 11.2 Å². The van der Waals surface area contributed by atoms with Crippen molar-refractivity contribution in [2.24, 2.45) is 0 Å². The van der Waals surface area contributed by atoms with E-state index in [1.165, 1.54) is 0 Å². The van der Waals surface area contributed by atoms with Crippen LogP contribution in [0.1, 0.15) is 17.4 Å². The Hall–Kier alpha value is -2.01. The summed E-state index contributed by atoms with van der Waals surface area (Å²) >= 11 is 0. The van der Waals surface area contributed by atoms with Crippen LogP contribution in [0, 0.1) is 0 Å². The van der Waals surface area contributed by atoms with Gasteiger partial charge in [0.25, 0.3) is 5.91 Å². The number of likely N-dealkylation sites (N-methyl/N-ethyl adjacent to an activating group) is 1. The average molecular weight is 260 g/mol. The number of benzene rings is 1. The van der Waals surface area contributed by atoms with Crippen LogP contribution in [0.25, 0.3) is 10.9 Å². The van der Waals surface area contributed by atoms with Crippen molar-refractivity contribution in [2.45, 2.75) is 13.0 Å². The molecule has 1 atom stereocenters. The maximum absolute atomic E-state index is 12.1. The summed E-state index contributed by atoms with van der Waals surface area (Å²) in [6.45, 7) is 2.67. The van der Waals surface area contributed by atoms with E-state index >= 15 is 0 Å². The van der Waals surface area contributed by atoms with E-state index < -0.39 is 0 Å². The summed E-state index contributed by atoms with van der Waals surface area (Å²) in [6.07, 6.45) is 0. The molecule has 1 aromatic heterocycles. The summed E-state index contributed by atoms with van der Waals surface area (Å²) in [4.78, 5) is 17.2. The Balaban J connectivity index is 2.12. The molecule has 0 aliphatic heterocycles. The summed E-state index contributed by atoms with van der Waals surface area (Å²) in [6, 6.07) is 7.73. The zero-order valence-electron chi connectivity index (χ0n) is 11.5. The molecule has 0 aliphatic rings. The van der Waals surface area contributed by atoms with Gasteiger partial charge < -0.3 is 20.9 Å². The molecule has 1 heterocycles. The molecular weight excluding hydrogens is 240 g/mol. The second-order valence-corrected chi connectivity index (χ2v) is 5.02. The van der Waals surface area contributed by atoms with Crippen LogP contribution in [0.3, 0.4) is 0 Å². The van der Waals surface area contributed by atoms with Crippen molar-refractivity contribution in [3.8, 4) is 0 Å². The number of hydrogen-bond donors (Lipinski definition) is 3. The van der Waals surface area contributed by atoms with Gasteiger partial charge in [-0.25, -0.2) is 0 Å². The quantitative estimate of drug-likeness (QED) is 0.728. The van der Waals surface area contributed by atoms with Crippen molar-refractivity contribution in [1.82, 2.24) is 15.2 Å². The summed E-state index contributed by atoms with van der Waals surface area (Å²) in [5.41, 5.74) is 7.87. The number of carbonyl (C=O) groups excluding carboxylic acids is 1. The molecule has 5 nitrogen and oxygen atoms in total. The highest BCUT2D eigenvalue weighted by Crippen LogP contribution is 2.20. The van der Waals surface area contributed by atoms with Crippen molar-refractivity contribution < 1.29 is 4.79 Å². The van der Waals surface area contributed by atoms with Crippen LogP contribution in [-0.4, -0.2) is 42.5 Å². The number of carbonyl (C=O) groups is 1. The van der Waals surface area contributed by atoms with E-state index in [1.807, 2.05) is 38.4 Å². The molecule has 4 N–H and O–H groups in total. The zero-order valence-corrected chi connectivity index (χ0v) is 11.5. The number of nitrogens with zero attached hydrogens (tertiary/aromatic N) is 1. The largest absolute Gasteiger partial charge is 0.397 e. The molecule has 0 spiro atoms. The van der Waals surface area contributed by atoms with Crippen LogP contribution in [0.2, 0.25) is 0 Å². The lowest BCUT2D eigenvalue weighted by atomic mass is 10.2. The predicted octanol–water partition coefficient (Wildman–Crippen LogP) is 1.43. The van der Waals surface area contributed by atoms with Crippen molar-refractivity contribution >= 4 is 22.5 Å². The van der Waals surface area contributed by atoms with Crippen LogP contribution in [0.4, 0.5) is 5.69 Å². The number of fused-ring (bicyclic) bond motifs is 1. The minimum Gasteiger partial charge on any atom is -0.397 e. The van der Waals surface area contributed by atoms with Gasteiger partial charge in [0.15, 0.2) is 0 Å². The standard InChI is InChI=1S/C14H20N4O/c1-9(18(2)3)8-16-14(19)12-7-10-5-4-6-11(15)13(10)17-12/h4-7,9,17H,8,15H2,1-3H3,(H,16,19). The zero-order chi connectivity index (χ0) is 14.0. The fourth-order valence-corrected chi connectivity index (χ4v) is 1.82. The SMILES string of the molecule is CC(CNC(=O)c1cc2cccc(N)c2[nH]1)N(C)C. The molecule has 0 bridgehead atoms. The normalized spacial score (nSPS) is 12.8. The van der Waals surface area contributed by atoms with Crippen LogP contribution in [-0.2, 0) is 0 Å². The van der Waals surface area contributed by atoms with Crippen molar-refractivity contribution in [3.05, 3.63) is 30.0 Å². The lowest BCUT2D eigenvalue weighted by molar-refractivity contribution is 0.0939. The van der Waals surface area contributed by atoms with E-state index in [4.69, 9.17) is 5.73 Å². The lowest BCUT2D eigenvalue weighted by Gasteiger charge is -2.19. The molecule has 1 amide bonds.